The normalized spacial score (nSPS) is 28.9. The first-order valence-electron chi connectivity index (χ1n) is 11.8. The van der Waals surface area contributed by atoms with Crippen molar-refractivity contribution in [2.45, 2.75) is 65.3 Å². The van der Waals surface area contributed by atoms with E-state index in [1.54, 1.807) is 13.0 Å². The number of benzene rings is 1. The van der Waals surface area contributed by atoms with Crippen molar-refractivity contribution in [1.29, 1.82) is 10.7 Å². The number of carboxylic acid groups (broad SMARTS) is 1. The number of carbonyl (C=O) groups is 1. The van der Waals surface area contributed by atoms with Crippen molar-refractivity contribution in [3.05, 3.63) is 52.6 Å². The van der Waals surface area contributed by atoms with E-state index >= 15 is 0 Å². The van der Waals surface area contributed by atoms with Crippen LogP contribution in [0.1, 0.15) is 63.5 Å². The molecule has 1 saturated carbocycles. The number of aryl methyl sites for hydroxylation is 1. The molecule has 0 saturated heterocycles. The molecule has 168 valence electrons. The number of carboxylic acids is 1. The number of nitrogens with one attached hydrogen (secondary N) is 2. The molecule has 5 heteroatoms. The zero-order valence-electron chi connectivity index (χ0n) is 19.2. The van der Waals surface area contributed by atoms with Gasteiger partial charge in [0.25, 0.3) is 0 Å². The number of nitriles is 1. The van der Waals surface area contributed by atoms with Crippen LogP contribution in [0.25, 0.3) is 0 Å². The number of anilines is 1. The molecule has 4 atom stereocenters. The highest BCUT2D eigenvalue weighted by Gasteiger charge is 2.45. The summed E-state index contributed by atoms with van der Waals surface area (Å²) in [5.74, 6) is -0.296. The fraction of sp³-hybridized carbons (Fsp3) is 0.519. The van der Waals surface area contributed by atoms with Crippen LogP contribution in [0.15, 0.2) is 41.5 Å². The van der Waals surface area contributed by atoms with E-state index in [9.17, 15) is 15.2 Å². The summed E-state index contributed by atoms with van der Waals surface area (Å²) in [6.07, 6.45) is 10.2. The van der Waals surface area contributed by atoms with Gasteiger partial charge in [-0.05, 0) is 80.7 Å². The first kappa shape index (κ1) is 22.3. The maximum Gasteiger partial charge on any atom is 0.313 e. The molecule has 0 aromatic heterocycles. The molecule has 1 aromatic rings. The average Bonchev–Trinajstić information content (AvgIpc) is 3.30. The second kappa shape index (κ2) is 8.58. The molecule has 5 nitrogen and oxygen atoms in total. The summed E-state index contributed by atoms with van der Waals surface area (Å²) in [7, 11) is 0. The standard InChI is InChI=1S/C27H33N3O2/c1-16-14-20(9-8-19(16)15-28)30-25(18-6-4-5-7-18)23-11-10-21-17(2)27(3,26(31)32)13-12-22(21)24(23)29/h8-9,12-14,17-18,23,25,29-30H,4-7,10-11H2,1-3H3,(H,31,32). The maximum absolute atomic E-state index is 11.9. The molecule has 0 bridgehead atoms. The van der Waals surface area contributed by atoms with Gasteiger partial charge in [-0.2, -0.15) is 5.26 Å². The number of allylic oxidation sites excluding steroid dienone is 3. The Kier molecular flexibility index (Phi) is 5.99. The fourth-order valence-electron chi connectivity index (χ4n) is 5.92. The predicted octanol–water partition coefficient (Wildman–Crippen LogP) is 5.86. The topological polar surface area (TPSA) is 97.0 Å². The number of rotatable bonds is 5. The number of nitrogens with zero attached hydrogens (tertiary/aromatic N) is 1. The molecule has 3 aliphatic carbocycles. The van der Waals surface area contributed by atoms with Gasteiger partial charge < -0.3 is 15.8 Å². The van der Waals surface area contributed by atoms with Crippen LogP contribution in [0, 0.1) is 46.8 Å². The zero-order valence-corrected chi connectivity index (χ0v) is 19.2. The Bertz CT molecular complexity index is 1040. The third-order valence-electron chi connectivity index (χ3n) is 8.23. The molecule has 1 aromatic carbocycles. The van der Waals surface area contributed by atoms with Crippen LogP contribution in [0.5, 0.6) is 0 Å². The predicted molar refractivity (Wildman–Crippen MR) is 127 cm³/mol. The second-order valence-corrected chi connectivity index (χ2v) is 10.00. The summed E-state index contributed by atoms with van der Waals surface area (Å²) in [6.45, 7) is 5.74. The fourth-order valence-corrected chi connectivity index (χ4v) is 5.92. The second-order valence-electron chi connectivity index (χ2n) is 10.00. The average molecular weight is 432 g/mol. The van der Waals surface area contributed by atoms with Crippen LogP contribution in [-0.2, 0) is 4.79 Å². The van der Waals surface area contributed by atoms with Gasteiger partial charge in [0.15, 0.2) is 0 Å². The Morgan fingerprint density at radius 1 is 1.31 bits per heavy atom. The highest BCUT2D eigenvalue weighted by molar-refractivity contribution is 6.05. The van der Waals surface area contributed by atoms with Gasteiger partial charge in [-0.3, -0.25) is 4.79 Å². The molecular weight excluding hydrogens is 398 g/mol. The number of hydrogen-bond acceptors (Lipinski definition) is 4. The van der Waals surface area contributed by atoms with E-state index in [0.717, 1.165) is 35.2 Å². The van der Waals surface area contributed by atoms with Crippen molar-refractivity contribution in [3.8, 4) is 6.07 Å². The Morgan fingerprint density at radius 3 is 2.66 bits per heavy atom. The van der Waals surface area contributed by atoms with Gasteiger partial charge in [0.1, 0.15) is 0 Å². The lowest BCUT2D eigenvalue weighted by molar-refractivity contribution is -0.147. The summed E-state index contributed by atoms with van der Waals surface area (Å²) in [5, 5.41) is 31.9. The minimum atomic E-state index is -0.908. The van der Waals surface area contributed by atoms with Gasteiger partial charge in [0.05, 0.1) is 17.0 Å². The molecule has 32 heavy (non-hydrogen) atoms. The summed E-state index contributed by atoms with van der Waals surface area (Å²) in [5.41, 5.74) is 4.48. The Balaban J connectivity index is 1.63. The van der Waals surface area contributed by atoms with E-state index in [1.165, 1.54) is 25.7 Å². The van der Waals surface area contributed by atoms with Crippen LogP contribution < -0.4 is 5.32 Å². The molecule has 3 N–H and O–H groups in total. The maximum atomic E-state index is 11.9. The minimum Gasteiger partial charge on any atom is -0.481 e. The Hall–Kier alpha value is -2.87. The highest BCUT2D eigenvalue weighted by atomic mass is 16.4. The van der Waals surface area contributed by atoms with E-state index in [0.29, 0.717) is 17.2 Å². The smallest absolute Gasteiger partial charge is 0.313 e. The van der Waals surface area contributed by atoms with Crippen molar-refractivity contribution >= 4 is 17.4 Å². The molecule has 4 unspecified atom stereocenters. The summed E-state index contributed by atoms with van der Waals surface area (Å²) < 4.78 is 0. The monoisotopic (exact) mass is 431 g/mol. The molecule has 0 heterocycles. The third-order valence-corrected chi connectivity index (χ3v) is 8.23. The van der Waals surface area contributed by atoms with Crippen LogP contribution in [0.2, 0.25) is 0 Å². The molecule has 1 fully saturated rings. The molecule has 0 amide bonds. The van der Waals surface area contributed by atoms with Gasteiger partial charge in [0, 0.05) is 23.4 Å². The first-order valence-corrected chi connectivity index (χ1v) is 11.8. The largest absolute Gasteiger partial charge is 0.481 e. The van der Waals surface area contributed by atoms with E-state index in [2.05, 4.69) is 11.4 Å². The highest BCUT2D eigenvalue weighted by Crippen LogP contribution is 2.47. The third kappa shape index (κ3) is 3.77. The minimum absolute atomic E-state index is 0.0961. The summed E-state index contributed by atoms with van der Waals surface area (Å²) >= 11 is 0. The van der Waals surface area contributed by atoms with Crippen LogP contribution >= 0.6 is 0 Å². The van der Waals surface area contributed by atoms with Crippen molar-refractivity contribution in [3.63, 3.8) is 0 Å². The summed E-state index contributed by atoms with van der Waals surface area (Å²) in [4.78, 5) is 11.9. The lowest BCUT2D eigenvalue weighted by Crippen LogP contribution is -2.44. The lowest BCUT2D eigenvalue weighted by Gasteiger charge is -2.42. The number of aliphatic carboxylic acids is 1. The molecular formula is C27H33N3O2. The molecule has 4 rings (SSSR count). The number of hydrogen-bond donors (Lipinski definition) is 3. The zero-order chi connectivity index (χ0) is 23.0. The van der Waals surface area contributed by atoms with Crippen molar-refractivity contribution < 1.29 is 9.90 Å². The Labute approximate surface area is 190 Å². The molecule has 0 spiro atoms. The van der Waals surface area contributed by atoms with Gasteiger partial charge in [-0.15, -0.1) is 0 Å². The van der Waals surface area contributed by atoms with Crippen molar-refractivity contribution in [2.75, 3.05) is 5.32 Å². The van der Waals surface area contributed by atoms with Crippen molar-refractivity contribution in [2.24, 2.45) is 23.2 Å². The van der Waals surface area contributed by atoms with Crippen LogP contribution in [-0.4, -0.2) is 22.8 Å². The van der Waals surface area contributed by atoms with Crippen LogP contribution in [0.4, 0.5) is 5.69 Å². The van der Waals surface area contributed by atoms with Gasteiger partial charge in [-0.25, -0.2) is 0 Å². The molecule has 0 radical (unpaired) electrons. The Morgan fingerprint density at radius 2 is 2.03 bits per heavy atom. The van der Waals surface area contributed by atoms with Crippen LogP contribution in [0.3, 0.4) is 0 Å². The van der Waals surface area contributed by atoms with E-state index in [1.807, 2.05) is 38.1 Å². The van der Waals surface area contributed by atoms with E-state index in [4.69, 9.17) is 5.41 Å². The molecule has 0 aliphatic heterocycles. The van der Waals surface area contributed by atoms with E-state index in [-0.39, 0.29) is 17.9 Å². The van der Waals surface area contributed by atoms with E-state index < -0.39 is 11.4 Å². The first-order chi connectivity index (χ1) is 15.3. The molecule has 3 aliphatic rings. The van der Waals surface area contributed by atoms with Gasteiger partial charge >= 0.3 is 5.97 Å². The SMILES string of the molecule is Cc1cc(NC(C2CCCC2)C2CCC3=C(C=CC(C)(C(=O)O)C3C)C2=N)ccc1C#N. The quantitative estimate of drug-likeness (QED) is 0.544. The lowest BCUT2D eigenvalue weighted by atomic mass is 9.63. The van der Waals surface area contributed by atoms with Gasteiger partial charge in [-0.1, -0.05) is 37.5 Å². The van der Waals surface area contributed by atoms with Gasteiger partial charge in [0.2, 0.25) is 0 Å². The summed E-state index contributed by atoms with van der Waals surface area (Å²) in [6, 6.07) is 8.29. The van der Waals surface area contributed by atoms with Crippen molar-refractivity contribution in [1.82, 2.24) is 0 Å².